The lowest BCUT2D eigenvalue weighted by atomic mass is 10.1. The van der Waals surface area contributed by atoms with Gasteiger partial charge in [-0.05, 0) is 24.3 Å². The first-order valence-electron chi connectivity index (χ1n) is 10.9. The number of anilines is 3. The number of imidazole rings is 1. The molecule has 10 nitrogen and oxygen atoms in total. The Balaban J connectivity index is 1.54. The average molecular weight is 480 g/mol. The third kappa shape index (κ3) is 4.35. The molecule has 5 rings (SSSR count). The number of halogens is 2. The van der Waals surface area contributed by atoms with Gasteiger partial charge in [0.2, 0.25) is 0 Å². The Labute approximate surface area is 198 Å². The number of amides is 1. The smallest absolute Gasteiger partial charge is 0.282 e. The van der Waals surface area contributed by atoms with Gasteiger partial charge in [-0.15, -0.1) is 0 Å². The quantitative estimate of drug-likeness (QED) is 0.432. The zero-order chi connectivity index (χ0) is 24.5. The maximum atomic E-state index is 14.1. The zero-order valence-electron chi connectivity index (χ0n) is 18.8. The molecular weight excluding hydrogens is 458 g/mol. The molecule has 0 spiro atoms. The van der Waals surface area contributed by atoms with Crippen molar-refractivity contribution in [1.82, 2.24) is 24.5 Å². The normalized spacial score (nSPS) is 14.0. The Kier molecular flexibility index (Phi) is 5.95. The van der Waals surface area contributed by atoms with Crippen molar-refractivity contribution in [3.8, 4) is 11.3 Å². The number of pyridine rings is 1. The molecule has 4 heterocycles. The number of nitrogens with zero attached hydrogens (tertiary/aromatic N) is 6. The summed E-state index contributed by atoms with van der Waals surface area (Å²) in [6.07, 6.45) is 1.50. The van der Waals surface area contributed by atoms with E-state index < -0.39 is 18.0 Å². The molecule has 35 heavy (non-hydrogen) atoms. The summed E-state index contributed by atoms with van der Waals surface area (Å²) in [5.41, 5.74) is 7.29. The molecule has 1 fully saturated rings. The van der Waals surface area contributed by atoms with Crippen LogP contribution >= 0.6 is 0 Å². The van der Waals surface area contributed by atoms with Gasteiger partial charge in [-0.3, -0.25) is 9.78 Å². The first-order valence-corrected chi connectivity index (χ1v) is 10.9. The number of fused-ring (bicyclic) bond motifs is 1. The number of carbonyl (C=O) groups is 1. The first kappa shape index (κ1) is 22.6. The molecule has 0 atom stereocenters. The van der Waals surface area contributed by atoms with Gasteiger partial charge in [-0.1, -0.05) is 0 Å². The topological polar surface area (TPSA) is 124 Å². The summed E-state index contributed by atoms with van der Waals surface area (Å²) in [7, 11) is 1.76. The van der Waals surface area contributed by atoms with Crippen molar-refractivity contribution in [2.45, 2.75) is 6.43 Å². The van der Waals surface area contributed by atoms with Crippen LogP contribution in [0.2, 0.25) is 0 Å². The Bertz CT molecular complexity index is 1380. The van der Waals surface area contributed by atoms with Gasteiger partial charge in [0.1, 0.15) is 16.9 Å². The van der Waals surface area contributed by atoms with Gasteiger partial charge >= 0.3 is 0 Å². The van der Waals surface area contributed by atoms with Crippen LogP contribution in [0.15, 0.2) is 43.0 Å². The highest BCUT2D eigenvalue weighted by Gasteiger charge is 2.26. The first-order chi connectivity index (χ1) is 16.9. The van der Waals surface area contributed by atoms with E-state index in [0.29, 0.717) is 29.9 Å². The highest BCUT2D eigenvalue weighted by atomic mass is 19.3. The molecule has 1 aliphatic heterocycles. The average Bonchev–Trinajstić information content (AvgIpc) is 3.25. The third-order valence-corrected chi connectivity index (χ3v) is 5.76. The number of ether oxygens (including phenoxy) is 1. The molecule has 1 saturated heterocycles. The molecule has 1 amide bonds. The molecule has 4 aromatic rings. The predicted octanol–water partition coefficient (Wildman–Crippen LogP) is 3.04. The van der Waals surface area contributed by atoms with Crippen LogP contribution in [0.3, 0.4) is 0 Å². The van der Waals surface area contributed by atoms with E-state index >= 15 is 0 Å². The second kappa shape index (κ2) is 9.22. The molecule has 0 radical (unpaired) electrons. The number of benzene rings is 1. The van der Waals surface area contributed by atoms with Crippen LogP contribution in [-0.2, 0) is 11.8 Å². The van der Waals surface area contributed by atoms with Crippen molar-refractivity contribution in [1.29, 1.82) is 0 Å². The van der Waals surface area contributed by atoms with Crippen molar-refractivity contribution < 1.29 is 18.3 Å². The number of aryl methyl sites for hydroxylation is 1. The van der Waals surface area contributed by atoms with Crippen molar-refractivity contribution in [2.75, 3.05) is 36.5 Å². The molecule has 0 unspecified atom stereocenters. The molecule has 0 bridgehead atoms. The van der Waals surface area contributed by atoms with Crippen molar-refractivity contribution in [3.05, 3.63) is 54.4 Å². The molecular formula is C23H22F2N8O2. The van der Waals surface area contributed by atoms with Crippen LogP contribution in [-0.4, -0.2) is 56.7 Å². The summed E-state index contributed by atoms with van der Waals surface area (Å²) in [6, 6.07) is 7.32. The maximum absolute atomic E-state index is 14.1. The summed E-state index contributed by atoms with van der Waals surface area (Å²) >= 11 is 0. The monoisotopic (exact) mass is 480 g/mol. The van der Waals surface area contributed by atoms with E-state index in [1.54, 1.807) is 29.9 Å². The minimum atomic E-state index is -2.97. The summed E-state index contributed by atoms with van der Waals surface area (Å²) in [6.45, 7) is 2.87. The molecule has 3 N–H and O–H groups in total. The lowest BCUT2D eigenvalue weighted by Gasteiger charge is -2.29. The number of hydrogen-bond donors (Lipinski definition) is 2. The Morgan fingerprint density at radius 3 is 2.57 bits per heavy atom. The van der Waals surface area contributed by atoms with Crippen molar-refractivity contribution >= 4 is 34.1 Å². The highest BCUT2D eigenvalue weighted by Crippen LogP contribution is 2.34. The Morgan fingerprint density at radius 2 is 1.89 bits per heavy atom. The fourth-order valence-corrected chi connectivity index (χ4v) is 3.99. The Hall–Kier alpha value is -4.19. The van der Waals surface area contributed by atoms with Gasteiger partial charge in [0, 0.05) is 43.3 Å². The number of rotatable bonds is 6. The van der Waals surface area contributed by atoms with E-state index in [9.17, 15) is 13.6 Å². The standard InChI is InChI=1S/C23H22F2N8O2/c1-32-12-28-17-15(10-27-11-16(17)32)18-19(21(24)25)31-23(20(30-18)22(26)34)29-13-2-4-14(5-3-13)33-6-8-35-9-7-33/h2-5,10-12,21H,6-9H2,1H3,(H2,26,34)(H,29,31). The molecule has 0 aliphatic carbocycles. The summed E-state index contributed by atoms with van der Waals surface area (Å²) < 4.78 is 35.3. The lowest BCUT2D eigenvalue weighted by molar-refractivity contribution is 0.0995. The second-order valence-corrected chi connectivity index (χ2v) is 8.00. The van der Waals surface area contributed by atoms with Crippen LogP contribution in [0, 0.1) is 0 Å². The highest BCUT2D eigenvalue weighted by molar-refractivity contribution is 5.98. The summed E-state index contributed by atoms with van der Waals surface area (Å²) in [5, 5.41) is 2.91. The number of carbonyl (C=O) groups excluding carboxylic acids is 1. The van der Waals surface area contributed by atoms with Crippen LogP contribution in [0.25, 0.3) is 22.3 Å². The van der Waals surface area contributed by atoms with Gasteiger partial charge < -0.3 is 25.3 Å². The van der Waals surface area contributed by atoms with Crippen molar-refractivity contribution in [3.63, 3.8) is 0 Å². The molecule has 0 saturated carbocycles. The van der Waals surface area contributed by atoms with Crippen molar-refractivity contribution in [2.24, 2.45) is 12.8 Å². The number of alkyl halides is 2. The Morgan fingerprint density at radius 1 is 1.14 bits per heavy atom. The number of nitrogens with two attached hydrogens (primary N) is 1. The molecule has 12 heteroatoms. The summed E-state index contributed by atoms with van der Waals surface area (Å²) in [4.78, 5) is 31.1. The minimum absolute atomic E-state index is 0.156. The van der Waals surface area contributed by atoms with E-state index in [4.69, 9.17) is 10.5 Å². The summed E-state index contributed by atoms with van der Waals surface area (Å²) in [5.74, 6) is -1.06. The van der Waals surface area contributed by atoms with E-state index in [-0.39, 0.29) is 22.8 Å². The fraction of sp³-hybridized carbons (Fsp3) is 0.261. The SMILES string of the molecule is Cn1cnc2c(-c3nc(C(N)=O)c(Nc4ccc(N5CCOCC5)cc4)nc3C(F)F)cncc21. The van der Waals surface area contributed by atoms with E-state index in [2.05, 4.69) is 30.2 Å². The molecule has 3 aromatic heterocycles. The van der Waals surface area contributed by atoms with Gasteiger partial charge in [-0.25, -0.2) is 23.7 Å². The minimum Gasteiger partial charge on any atom is -0.378 e. The van der Waals surface area contributed by atoms with Gasteiger partial charge in [0.05, 0.1) is 31.3 Å². The number of aromatic nitrogens is 5. The van der Waals surface area contributed by atoms with E-state index in [0.717, 1.165) is 18.8 Å². The largest absolute Gasteiger partial charge is 0.378 e. The predicted molar refractivity (Wildman–Crippen MR) is 126 cm³/mol. The lowest BCUT2D eigenvalue weighted by Crippen LogP contribution is -2.36. The molecule has 1 aromatic carbocycles. The third-order valence-electron chi connectivity index (χ3n) is 5.76. The van der Waals surface area contributed by atoms with Gasteiger partial charge in [0.15, 0.2) is 11.5 Å². The van der Waals surface area contributed by atoms with Gasteiger partial charge in [-0.2, -0.15) is 0 Å². The fourth-order valence-electron chi connectivity index (χ4n) is 3.99. The zero-order valence-corrected chi connectivity index (χ0v) is 18.8. The molecule has 180 valence electrons. The van der Waals surface area contributed by atoms with Crippen LogP contribution in [0.4, 0.5) is 26.0 Å². The van der Waals surface area contributed by atoms with E-state index in [1.165, 1.54) is 12.5 Å². The van der Waals surface area contributed by atoms with Crippen LogP contribution < -0.4 is 16.0 Å². The maximum Gasteiger partial charge on any atom is 0.282 e. The van der Waals surface area contributed by atoms with Gasteiger partial charge in [0.25, 0.3) is 12.3 Å². The number of morpholine rings is 1. The molecule has 1 aliphatic rings. The van der Waals surface area contributed by atoms with E-state index in [1.807, 2.05) is 12.1 Å². The number of hydrogen-bond acceptors (Lipinski definition) is 8. The van der Waals surface area contributed by atoms with Crippen LogP contribution in [0.1, 0.15) is 22.6 Å². The number of nitrogens with one attached hydrogen (secondary N) is 1. The van der Waals surface area contributed by atoms with Crippen LogP contribution in [0.5, 0.6) is 0 Å². The second-order valence-electron chi connectivity index (χ2n) is 8.00. The number of primary amides is 1.